The van der Waals surface area contributed by atoms with Gasteiger partial charge in [-0.1, -0.05) is 6.07 Å². The lowest BCUT2D eigenvalue weighted by atomic mass is 10.1. The maximum atomic E-state index is 13.6. The number of carbonyl (C=O) groups is 1. The normalized spacial score (nSPS) is 20.1. The molecule has 21 heavy (non-hydrogen) atoms. The first-order valence-electron chi connectivity index (χ1n) is 6.66. The minimum Gasteiger partial charge on any atom is -0.459 e. The second-order valence-electron chi connectivity index (χ2n) is 5.04. The van der Waals surface area contributed by atoms with E-state index in [1.54, 1.807) is 24.4 Å². The first-order valence-corrected chi connectivity index (χ1v) is 6.66. The van der Waals surface area contributed by atoms with Gasteiger partial charge in [0.2, 0.25) is 0 Å². The van der Waals surface area contributed by atoms with Crippen molar-refractivity contribution in [3.63, 3.8) is 0 Å². The summed E-state index contributed by atoms with van der Waals surface area (Å²) < 4.78 is 31.9. The van der Waals surface area contributed by atoms with Crippen molar-refractivity contribution < 1.29 is 18.3 Å². The van der Waals surface area contributed by atoms with E-state index in [1.807, 2.05) is 0 Å². The lowest BCUT2D eigenvalue weighted by Crippen LogP contribution is -2.09. The molecule has 2 aromatic rings. The van der Waals surface area contributed by atoms with E-state index in [9.17, 15) is 13.6 Å². The monoisotopic (exact) mass is 289 g/mol. The maximum Gasteiger partial charge on any atom is 0.309 e. The molecule has 0 spiro atoms. The van der Waals surface area contributed by atoms with Crippen LogP contribution in [0.15, 0.2) is 42.6 Å². The molecule has 1 aliphatic rings. The fourth-order valence-electron chi connectivity index (χ4n) is 2.33. The van der Waals surface area contributed by atoms with Gasteiger partial charge in [-0.05, 0) is 42.3 Å². The molecule has 0 bridgehead atoms. The van der Waals surface area contributed by atoms with Crippen LogP contribution in [0.3, 0.4) is 0 Å². The van der Waals surface area contributed by atoms with Gasteiger partial charge in [0.05, 0.1) is 11.6 Å². The lowest BCUT2D eigenvalue weighted by Gasteiger charge is -2.05. The van der Waals surface area contributed by atoms with Crippen LogP contribution in [0.5, 0.6) is 0 Å². The van der Waals surface area contributed by atoms with Gasteiger partial charge in [-0.15, -0.1) is 0 Å². The van der Waals surface area contributed by atoms with Crippen molar-refractivity contribution in [2.24, 2.45) is 5.92 Å². The highest BCUT2D eigenvalue weighted by molar-refractivity contribution is 5.77. The zero-order valence-electron chi connectivity index (χ0n) is 11.1. The van der Waals surface area contributed by atoms with E-state index in [2.05, 4.69) is 4.98 Å². The molecule has 0 saturated heterocycles. The van der Waals surface area contributed by atoms with E-state index in [1.165, 1.54) is 0 Å². The van der Waals surface area contributed by atoms with Crippen LogP contribution < -0.4 is 0 Å². The third-order valence-electron chi connectivity index (χ3n) is 3.54. The third-order valence-corrected chi connectivity index (χ3v) is 3.54. The molecule has 3 rings (SSSR count). The van der Waals surface area contributed by atoms with Crippen molar-refractivity contribution >= 4 is 5.97 Å². The Bertz CT molecular complexity index is 661. The second kappa shape index (κ2) is 5.60. The smallest absolute Gasteiger partial charge is 0.309 e. The molecular weight excluding hydrogens is 276 g/mol. The van der Waals surface area contributed by atoms with Crippen molar-refractivity contribution in [1.82, 2.24) is 4.98 Å². The molecule has 1 aliphatic carbocycles. The van der Waals surface area contributed by atoms with Gasteiger partial charge in [-0.3, -0.25) is 9.78 Å². The number of halogens is 2. The summed E-state index contributed by atoms with van der Waals surface area (Å²) in [4.78, 5) is 15.9. The van der Waals surface area contributed by atoms with E-state index in [0.717, 1.165) is 18.2 Å². The first-order chi connectivity index (χ1) is 10.1. The highest BCUT2D eigenvalue weighted by atomic mass is 19.1. The molecule has 2 atom stereocenters. The average Bonchev–Trinajstić information content (AvgIpc) is 3.29. The largest absolute Gasteiger partial charge is 0.459 e. The molecule has 0 amide bonds. The predicted octanol–water partition coefficient (Wildman–Crippen LogP) is 3.21. The van der Waals surface area contributed by atoms with Crippen molar-refractivity contribution in [3.8, 4) is 0 Å². The number of carbonyl (C=O) groups excluding carboxylic acids is 1. The number of ether oxygens (including phenoxy) is 1. The summed E-state index contributed by atoms with van der Waals surface area (Å²) >= 11 is 0. The number of hydrogen-bond acceptors (Lipinski definition) is 3. The number of benzene rings is 1. The number of pyridine rings is 1. The Labute approximate surface area is 120 Å². The van der Waals surface area contributed by atoms with E-state index in [-0.39, 0.29) is 18.1 Å². The molecule has 0 radical (unpaired) electrons. The summed E-state index contributed by atoms with van der Waals surface area (Å²) in [5.74, 6) is -2.07. The van der Waals surface area contributed by atoms with Gasteiger partial charge in [0.25, 0.3) is 0 Å². The van der Waals surface area contributed by atoms with Crippen LogP contribution in [0.2, 0.25) is 0 Å². The Morgan fingerprint density at radius 3 is 2.90 bits per heavy atom. The fraction of sp³-hybridized carbons (Fsp3) is 0.250. The van der Waals surface area contributed by atoms with Gasteiger partial charge >= 0.3 is 5.97 Å². The van der Waals surface area contributed by atoms with Gasteiger partial charge in [0, 0.05) is 12.1 Å². The molecule has 1 heterocycles. The molecule has 1 aromatic heterocycles. The van der Waals surface area contributed by atoms with Crippen molar-refractivity contribution in [3.05, 3.63) is 65.5 Å². The minimum absolute atomic E-state index is 0.0918. The zero-order valence-corrected chi connectivity index (χ0v) is 11.1. The van der Waals surface area contributed by atoms with Gasteiger partial charge in [0.15, 0.2) is 0 Å². The molecule has 1 fully saturated rings. The maximum absolute atomic E-state index is 13.6. The van der Waals surface area contributed by atoms with Crippen LogP contribution in [0.25, 0.3) is 0 Å². The molecule has 5 heteroatoms. The number of esters is 1. The molecule has 1 saturated carbocycles. The van der Waals surface area contributed by atoms with Crippen LogP contribution in [0.1, 0.15) is 23.6 Å². The molecule has 3 nitrogen and oxygen atoms in total. The topological polar surface area (TPSA) is 39.2 Å². The van der Waals surface area contributed by atoms with Gasteiger partial charge in [-0.2, -0.15) is 0 Å². The number of rotatable bonds is 4. The SMILES string of the molecule is O=C(OCc1ccccn1)C1CC1c1cc(F)ccc1F. The standard InChI is InChI=1S/C16H13F2NO2/c17-10-4-5-15(18)13(7-10)12-8-14(12)16(20)21-9-11-3-1-2-6-19-11/h1-7,12,14H,8-9H2. The number of aromatic nitrogens is 1. The summed E-state index contributed by atoms with van der Waals surface area (Å²) in [5, 5.41) is 0. The Morgan fingerprint density at radius 2 is 2.14 bits per heavy atom. The van der Waals surface area contributed by atoms with Crippen LogP contribution in [0.4, 0.5) is 8.78 Å². The summed E-state index contributed by atoms with van der Waals surface area (Å²) in [6.45, 7) is 0.0918. The molecular formula is C16H13F2NO2. The van der Waals surface area contributed by atoms with Crippen LogP contribution in [-0.2, 0) is 16.1 Å². The fourth-order valence-corrected chi connectivity index (χ4v) is 2.33. The highest BCUT2D eigenvalue weighted by Crippen LogP contribution is 2.49. The minimum atomic E-state index is -0.501. The highest BCUT2D eigenvalue weighted by Gasteiger charge is 2.46. The molecule has 1 aromatic carbocycles. The Morgan fingerprint density at radius 1 is 1.29 bits per heavy atom. The van der Waals surface area contributed by atoms with Gasteiger partial charge < -0.3 is 4.74 Å². The average molecular weight is 289 g/mol. The molecule has 0 aliphatic heterocycles. The van der Waals surface area contributed by atoms with Crippen molar-refractivity contribution in [2.75, 3.05) is 0 Å². The lowest BCUT2D eigenvalue weighted by molar-refractivity contribution is -0.146. The summed E-state index contributed by atoms with van der Waals surface area (Å²) in [7, 11) is 0. The van der Waals surface area contributed by atoms with Crippen LogP contribution in [0, 0.1) is 17.6 Å². The van der Waals surface area contributed by atoms with Crippen LogP contribution in [-0.4, -0.2) is 11.0 Å². The van der Waals surface area contributed by atoms with E-state index < -0.39 is 23.5 Å². The Kier molecular flexibility index (Phi) is 3.64. The summed E-state index contributed by atoms with van der Waals surface area (Å²) in [6, 6.07) is 8.62. The second-order valence-corrected chi connectivity index (χ2v) is 5.04. The van der Waals surface area contributed by atoms with Crippen LogP contribution >= 0.6 is 0 Å². The molecule has 108 valence electrons. The quantitative estimate of drug-likeness (QED) is 0.811. The van der Waals surface area contributed by atoms with Gasteiger partial charge in [0.1, 0.15) is 18.2 Å². The number of nitrogens with zero attached hydrogens (tertiary/aromatic N) is 1. The number of hydrogen-bond donors (Lipinski definition) is 0. The van der Waals surface area contributed by atoms with E-state index >= 15 is 0 Å². The molecule has 0 N–H and O–H groups in total. The van der Waals surface area contributed by atoms with Crippen molar-refractivity contribution in [1.29, 1.82) is 0 Å². The molecule has 2 unspecified atom stereocenters. The first kappa shape index (κ1) is 13.7. The van der Waals surface area contributed by atoms with E-state index in [4.69, 9.17) is 4.74 Å². The van der Waals surface area contributed by atoms with Gasteiger partial charge in [-0.25, -0.2) is 8.78 Å². The van der Waals surface area contributed by atoms with E-state index in [0.29, 0.717) is 12.1 Å². The third kappa shape index (κ3) is 3.07. The summed E-state index contributed by atoms with van der Waals surface area (Å²) in [5.41, 5.74) is 0.898. The predicted molar refractivity (Wildman–Crippen MR) is 71.2 cm³/mol. The Hall–Kier alpha value is -2.30. The summed E-state index contributed by atoms with van der Waals surface area (Å²) in [6.07, 6.45) is 2.10. The van der Waals surface area contributed by atoms with Crippen molar-refractivity contribution in [2.45, 2.75) is 18.9 Å². The Balaban J connectivity index is 1.60. The zero-order chi connectivity index (χ0) is 14.8.